The van der Waals surface area contributed by atoms with Gasteiger partial charge in [0.05, 0.1) is 5.69 Å². The number of carbonyl (C=O) groups is 1. The summed E-state index contributed by atoms with van der Waals surface area (Å²) in [6.45, 7) is 6.13. The SMILES string of the molecule is CCC1=Nc2ccccc2C(=O)[C@@H]1n1c(C)ccc1C. The van der Waals surface area contributed by atoms with Crippen molar-refractivity contribution in [3.8, 4) is 0 Å². The van der Waals surface area contributed by atoms with Gasteiger partial charge >= 0.3 is 0 Å². The van der Waals surface area contributed by atoms with Gasteiger partial charge in [-0.05, 0) is 44.5 Å². The zero-order chi connectivity index (χ0) is 14.3. The van der Waals surface area contributed by atoms with Gasteiger partial charge in [-0.1, -0.05) is 19.1 Å². The van der Waals surface area contributed by atoms with Crippen LogP contribution in [0.5, 0.6) is 0 Å². The Balaban J connectivity index is 2.20. The third kappa shape index (κ3) is 1.82. The third-order valence-corrected chi connectivity index (χ3v) is 3.94. The van der Waals surface area contributed by atoms with Gasteiger partial charge in [0.2, 0.25) is 0 Å². The molecule has 1 aliphatic heterocycles. The molecule has 0 spiro atoms. The molecular weight excluding hydrogens is 248 g/mol. The summed E-state index contributed by atoms with van der Waals surface area (Å²) in [5, 5.41) is 0. The quantitative estimate of drug-likeness (QED) is 0.808. The minimum absolute atomic E-state index is 0.148. The number of rotatable bonds is 2. The Hall–Kier alpha value is -2.16. The van der Waals surface area contributed by atoms with Crippen LogP contribution in [0, 0.1) is 13.8 Å². The minimum atomic E-state index is -0.287. The summed E-state index contributed by atoms with van der Waals surface area (Å²) in [6, 6.07) is 11.4. The molecule has 0 N–H and O–H groups in total. The monoisotopic (exact) mass is 266 g/mol. The Bertz CT molecular complexity index is 690. The molecule has 1 aliphatic rings. The highest BCUT2D eigenvalue weighted by Crippen LogP contribution is 2.33. The molecule has 0 aliphatic carbocycles. The molecule has 0 unspecified atom stereocenters. The number of hydrogen-bond donors (Lipinski definition) is 0. The van der Waals surface area contributed by atoms with Gasteiger partial charge in [0.1, 0.15) is 6.04 Å². The summed E-state index contributed by atoms with van der Waals surface area (Å²) in [6.07, 6.45) is 0.780. The fraction of sp³-hybridized carbons (Fsp3) is 0.294. The van der Waals surface area contributed by atoms with Gasteiger partial charge in [-0.3, -0.25) is 9.79 Å². The first-order chi connectivity index (χ1) is 9.63. The van der Waals surface area contributed by atoms with E-state index in [1.807, 2.05) is 38.1 Å². The lowest BCUT2D eigenvalue weighted by Gasteiger charge is -2.27. The van der Waals surface area contributed by atoms with E-state index in [2.05, 4.69) is 23.6 Å². The highest BCUT2D eigenvalue weighted by molar-refractivity contribution is 6.19. The van der Waals surface area contributed by atoms with Crippen molar-refractivity contribution >= 4 is 17.2 Å². The van der Waals surface area contributed by atoms with E-state index in [-0.39, 0.29) is 11.8 Å². The molecule has 0 fully saturated rings. The molecule has 3 nitrogen and oxygen atoms in total. The van der Waals surface area contributed by atoms with Gasteiger partial charge in [-0.25, -0.2) is 0 Å². The zero-order valence-corrected chi connectivity index (χ0v) is 12.1. The maximum absolute atomic E-state index is 12.9. The molecule has 2 heterocycles. The van der Waals surface area contributed by atoms with Crippen LogP contribution in [-0.2, 0) is 0 Å². The molecule has 0 saturated carbocycles. The van der Waals surface area contributed by atoms with E-state index in [0.29, 0.717) is 0 Å². The Morgan fingerprint density at radius 3 is 2.40 bits per heavy atom. The average Bonchev–Trinajstić information content (AvgIpc) is 2.78. The van der Waals surface area contributed by atoms with Crippen LogP contribution in [-0.4, -0.2) is 16.1 Å². The van der Waals surface area contributed by atoms with Crippen LogP contribution in [0.2, 0.25) is 0 Å². The fourth-order valence-corrected chi connectivity index (χ4v) is 2.92. The molecule has 2 aromatic rings. The van der Waals surface area contributed by atoms with E-state index in [4.69, 9.17) is 4.99 Å². The van der Waals surface area contributed by atoms with Crippen molar-refractivity contribution in [1.29, 1.82) is 0 Å². The Morgan fingerprint density at radius 2 is 1.75 bits per heavy atom. The van der Waals surface area contributed by atoms with Crippen molar-refractivity contribution in [2.75, 3.05) is 0 Å². The van der Waals surface area contributed by atoms with E-state index in [1.54, 1.807) is 0 Å². The maximum Gasteiger partial charge on any atom is 0.193 e. The van der Waals surface area contributed by atoms with Crippen LogP contribution in [0.3, 0.4) is 0 Å². The molecule has 102 valence electrons. The van der Waals surface area contributed by atoms with E-state index in [0.717, 1.165) is 34.8 Å². The van der Waals surface area contributed by atoms with Crippen LogP contribution in [0.1, 0.15) is 41.1 Å². The van der Waals surface area contributed by atoms with Crippen molar-refractivity contribution < 1.29 is 4.79 Å². The van der Waals surface area contributed by atoms with Gasteiger partial charge in [0.25, 0.3) is 0 Å². The summed E-state index contributed by atoms with van der Waals surface area (Å²) in [5.74, 6) is 0.148. The van der Waals surface area contributed by atoms with Crippen molar-refractivity contribution in [3.05, 3.63) is 53.3 Å². The molecule has 0 bridgehead atoms. The number of aliphatic imine (C=N–C) groups is 1. The van der Waals surface area contributed by atoms with E-state index >= 15 is 0 Å². The minimum Gasteiger partial charge on any atom is -0.333 e. The summed E-state index contributed by atoms with van der Waals surface area (Å²) in [5.41, 5.74) is 4.66. The Kier molecular flexibility index (Phi) is 3.05. The summed E-state index contributed by atoms with van der Waals surface area (Å²) >= 11 is 0. The lowest BCUT2D eigenvalue weighted by atomic mass is 9.93. The smallest absolute Gasteiger partial charge is 0.193 e. The molecule has 1 aromatic heterocycles. The number of aromatic nitrogens is 1. The standard InChI is InChI=1S/C17H18N2O/c1-4-14-16(19-11(2)9-10-12(19)3)17(20)13-7-5-6-8-15(13)18-14/h5-10,16H,4H2,1-3H3/t16-/m1/s1. The zero-order valence-electron chi connectivity index (χ0n) is 12.1. The van der Waals surface area contributed by atoms with Gasteiger partial charge in [0, 0.05) is 22.7 Å². The number of ketones is 1. The molecular formula is C17H18N2O. The number of carbonyl (C=O) groups excluding carboxylic acids is 1. The number of aryl methyl sites for hydroxylation is 2. The van der Waals surface area contributed by atoms with Crippen molar-refractivity contribution in [2.45, 2.75) is 33.2 Å². The first kappa shape index (κ1) is 12.9. The largest absolute Gasteiger partial charge is 0.333 e. The predicted octanol–water partition coefficient (Wildman–Crippen LogP) is 4.03. The second-order valence-electron chi connectivity index (χ2n) is 5.23. The number of fused-ring (bicyclic) bond motifs is 1. The highest BCUT2D eigenvalue weighted by atomic mass is 16.1. The molecule has 20 heavy (non-hydrogen) atoms. The highest BCUT2D eigenvalue weighted by Gasteiger charge is 2.32. The van der Waals surface area contributed by atoms with Gasteiger partial charge in [-0.2, -0.15) is 0 Å². The first-order valence-corrected chi connectivity index (χ1v) is 6.98. The predicted molar refractivity (Wildman–Crippen MR) is 81.1 cm³/mol. The molecule has 1 aromatic carbocycles. The fourth-order valence-electron chi connectivity index (χ4n) is 2.92. The summed E-state index contributed by atoms with van der Waals surface area (Å²) in [7, 11) is 0. The number of benzene rings is 1. The number of hydrogen-bond acceptors (Lipinski definition) is 2. The number of Topliss-reactive ketones (excluding diaryl/α,β-unsaturated/α-hetero) is 1. The van der Waals surface area contributed by atoms with E-state index in [1.165, 1.54) is 0 Å². The van der Waals surface area contributed by atoms with Crippen LogP contribution < -0.4 is 0 Å². The maximum atomic E-state index is 12.9. The first-order valence-electron chi connectivity index (χ1n) is 6.98. The molecule has 0 saturated heterocycles. The third-order valence-electron chi connectivity index (χ3n) is 3.94. The average molecular weight is 266 g/mol. The van der Waals surface area contributed by atoms with Gasteiger partial charge < -0.3 is 4.57 Å². The number of para-hydroxylation sites is 1. The van der Waals surface area contributed by atoms with E-state index in [9.17, 15) is 4.79 Å². The lowest BCUT2D eigenvalue weighted by molar-refractivity contribution is 0.0954. The van der Waals surface area contributed by atoms with Crippen molar-refractivity contribution in [2.24, 2.45) is 4.99 Å². The number of nitrogens with zero attached hydrogens (tertiary/aromatic N) is 2. The molecule has 3 rings (SSSR count). The van der Waals surface area contributed by atoms with Crippen LogP contribution in [0.25, 0.3) is 0 Å². The van der Waals surface area contributed by atoms with Crippen molar-refractivity contribution in [3.63, 3.8) is 0 Å². The summed E-state index contributed by atoms with van der Waals surface area (Å²) in [4.78, 5) is 17.6. The second-order valence-corrected chi connectivity index (χ2v) is 5.23. The van der Waals surface area contributed by atoms with Gasteiger partial charge in [-0.15, -0.1) is 0 Å². The second kappa shape index (κ2) is 4.75. The normalized spacial score (nSPS) is 17.9. The van der Waals surface area contributed by atoms with Crippen molar-refractivity contribution in [1.82, 2.24) is 4.57 Å². The Labute approximate surface area is 119 Å². The van der Waals surface area contributed by atoms with E-state index < -0.39 is 0 Å². The van der Waals surface area contributed by atoms with Crippen LogP contribution in [0.15, 0.2) is 41.4 Å². The molecule has 3 heteroatoms. The summed E-state index contributed by atoms with van der Waals surface area (Å²) < 4.78 is 2.10. The van der Waals surface area contributed by atoms with Crippen LogP contribution >= 0.6 is 0 Å². The lowest BCUT2D eigenvalue weighted by Crippen LogP contribution is -2.31. The topological polar surface area (TPSA) is 34.4 Å². The molecule has 0 amide bonds. The van der Waals surface area contributed by atoms with Gasteiger partial charge in [0.15, 0.2) is 5.78 Å². The van der Waals surface area contributed by atoms with Crippen LogP contribution in [0.4, 0.5) is 5.69 Å². The molecule has 1 atom stereocenters. The molecule has 0 radical (unpaired) electrons. The Morgan fingerprint density at radius 1 is 1.10 bits per heavy atom.